The highest BCUT2D eigenvalue weighted by Gasteiger charge is 2.17. The van der Waals surface area contributed by atoms with E-state index >= 15 is 0 Å². The van der Waals surface area contributed by atoms with Gasteiger partial charge in [-0.05, 0) is 24.6 Å². The average molecular weight is 410 g/mol. The Morgan fingerprint density at radius 3 is 2.68 bits per heavy atom. The molecule has 0 aliphatic heterocycles. The molecule has 4 aromatic rings. The summed E-state index contributed by atoms with van der Waals surface area (Å²) in [5.41, 5.74) is 1.77. The SMILES string of the molecule is Cc1ccc(-c2csc3ncn(CC(=O)N(C)Cc4ccccc4)c(=O)c23)s1. The Hall–Kier alpha value is -2.77. The van der Waals surface area contributed by atoms with Crippen LogP contribution in [0.1, 0.15) is 10.4 Å². The van der Waals surface area contributed by atoms with Crippen molar-refractivity contribution in [2.45, 2.75) is 20.0 Å². The summed E-state index contributed by atoms with van der Waals surface area (Å²) >= 11 is 3.11. The largest absolute Gasteiger partial charge is 0.340 e. The predicted molar refractivity (Wildman–Crippen MR) is 115 cm³/mol. The molecule has 0 radical (unpaired) electrons. The summed E-state index contributed by atoms with van der Waals surface area (Å²) in [4.78, 5) is 34.7. The first-order chi connectivity index (χ1) is 13.5. The zero-order valence-electron chi connectivity index (χ0n) is 15.6. The minimum atomic E-state index is -0.172. The number of aryl methyl sites for hydroxylation is 1. The number of carbonyl (C=O) groups is 1. The van der Waals surface area contributed by atoms with Crippen LogP contribution >= 0.6 is 22.7 Å². The maximum atomic E-state index is 13.1. The number of hydrogen-bond acceptors (Lipinski definition) is 5. The van der Waals surface area contributed by atoms with Gasteiger partial charge in [0.05, 0.1) is 11.7 Å². The van der Waals surface area contributed by atoms with Crippen LogP contribution in [0.4, 0.5) is 0 Å². The first-order valence-corrected chi connectivity index (χ1v) is 10.5. The fourth-order valence-corrected chi connectivity index (χ4v) is 4.91. The van der Waals surface area contributed by atoms with Crippen LogP contribution in [-0.4, -0.2) is 27.4 Å². The normalized spacial score (nSPS) is 11.1. The maximum Gasteiger partial charge on any atom is 0.263 e. The van der Waals surface area contributed by atoms with E-state index in [9.17, 15) is 9.59 Å². The van der Waals surface area contributed by atoms with Crippen molar-refractivity contribution in [3.05, 3.63) is 75.0 Å². The molecule has 0 aliphatic carbocycles. The van der Waals surface area contributed by atoms with Crippen molar-refractivity contribution >= 4 is 38.8 Å². The van der Waals surface area contributed by atoms with Crippen molar-refractivity contribution in [2.75, 3.05) is 7.05 Å². The standard InChI is InChI=1S/C21H19N3O2S2/c1-14-8-9-17(28-14)16-12-27-20-19(16)21(26)24(13-22-20)11-18(25)23(2)10-15-6-4-3-5-7-15/h3-9,12-13H,10-11H2,1-2H3. The van der Waals surface area contributed by atoms with Crippen LogP contribution in [0.3, 0.4) is 0 Å². The maximum absolute atomic E-state index is 13.1. The number of amides is 1. The van der Waals surface area contributed by atoms with E-state index in [4.69, 9.17) is 0 Å². The summed E-state index contributed by atoms with van der Waals surface area (Å²) in [5.74, 6) is -0.129. The van der Waals surface area contributed by atoms with Crippen molar-refractivity contribution in [1.29, 1.82) is 0 Å². The number of carbonyl (C=O) groups excluding carboxylic acids is 1. The van der Waals surface area contributed by atoms with Gasteiger partial charge in [0.15, 0.2) is 0 Å². The van der Waals surface area contributed by atoms with Gasteiger partial charge in [0.2, 0.25) is 5.91 Å². The molecule has 7 heteroatoms. The molecule has 4 rings (SSSR count). The Bertz CT molecular complexity index is 1190. The van der Waals surface area contributed by atoms with Gasteiger partial charge < -0.3 is 4.90 Å². The van der Waals surface area contributed by atoms with Gasteiger partial charge in [0.25, 0.3) is 5.56 Å². The number of benzene rings is 1. The van der Waals surface area contributed by atoms with Crippen LogP contribution in [-0.2, 0) is 17.9 Å². The molecule has 0 atom stereocenters. The van der Waals surface area contributed by atoms with Gasteiger partial charge in [0.1, 0.15) is 11.4 Å². The lowest BCUT2D eigenvalue weighted by atomic mass is 10.2. The van der Waals surface area contributed by atoms with E-state index in [-0.39, 0.29) is 18.0 Å². The molecule has 3 aromatic heterocycles. The Morgan fingerprint density at radius 2 is 1.96 bits per heavy atom. The number of rotatable bonds is 5. The van der Waals surface area contributed by atoms with Crippen LogP contribution in [0.15, 0.2) is 59.0 Å². The van der Waals surface area contributed by atoms with E-state index in [2.05, 4.69) is 4.98 Å². The highest BCUT2D eigenvalue weighted by Crippen LogP contribution is 2.34. The Kier molecular flexibility index (Phi) is 5.11. The minimum Gasteiger partial charge on any atom is -0.340 e. The number of thiophene rings is 2. The molecule has 0 saturated carbocycles. The fourth-order valence-electron chi connectivity index (χ4n) is 3.05. The second-order valence-electron chi connectivity index (χ2n) is 6.65. The highest BCUT2D eigenvalue weighted by atomic mass is 32.1. The number of aromatic nitrogens is 2. The summed E-state index contributed by atoms with van der Waals surface area (Å²) < 4.78 is 1.41. The molecular formula is C21H19N3O2S2. The van der Waals surface area contributed by atoms with Gasteiger partial charge in [0, 0.05) is 34.3 Å². The molecule has 0 unspecified atom stereocenters. The second-order valence-corrected chi connectivity index (χ2v) is 8.80. The Labute approximate surface area is 170 Å². The molecule has 5 nitrogen and oxygen atoms in total. The molecule has 1 amide bonds. The van der Waals surface area contributed by atoms with E-state index < -0.39 is 0 Å². The van der Waals surface area contributed by atoms with Gasteiger partial charge in [-0.1, -0.05) is 30.3 Å². The monoisotopic (exact) mass is 409 g/mol. The molecular weight excluding hydrogens is 390 g/mol. The van der Waals surface area contributed by atoms with E-state index in [1.165, 1.54) is 27.1 Å². The molecule has 0 bridgehead atoms. The summed E-state index contributed by atoms with van der Waals surface area (Å²) in [7, 11) is 1.75. The van der Waals surface area contributed by atoms with Crippen molar-refractivity contribution in [2.24, 2.45) is 0 Å². The number of fused-ring (bicyclic) bond motifs is 1. The van der Waals surface area contributed by atoms with Crippen molar-refractivity contribution in [3.63, 3.8) is 0 Å². The molecule has 3 heterocycles. The van der Waals surface area contributed by atoms with Crippen LogP contribution < -0.4 is 5.56 Å². The fraction of sp³-hybridized carbons (Fsp3) is 0.190. The third kappa shape index (κ3) is 3.63. The number of nitrogens with zero attached hydrogens (tertiary/aromatic N) is 3. The highest BCUT2D eigenvalue weighted by molar-refractivity contribution is 7.19. The topological polar surface area (TPSA) is 55.2 Å². The van der Waals surface area contributed by atoms with E-state index in [1.54, 1.807) is 23.3 Å². The zero-order valence-corrected chi connectivity index (χ0v) is 17.2. The van der Waals surface area contributed by atoms with Gasteiger partial charge in [-0.2, -0.15) is 0 Å². The third-order valence-electron chi connectivity index (χ3n) is 4.56. The van der Waals surface area contributed by atoms with Crippen molar-refractivity contribution in [1.82, 2.24) is 14.5 Å². The lowest BCUT2D eigenvalue weighted by Crippen LogP contribution is -2.33. The van der Waals surface area contributed by atoms with Gasteiger partial charge in [-0.15, -0.1) is 22.7 Å². The Balaban J connectivity index is 1.61. The molecule has 0 fully saturated rings. The quantitative estimate of drug-likeness (QED) is 0.497. The van der Waals surface area contributed by atoms with Gasteiger partial charge >= 0.3 is 0 Å². The first kappa shape index (κ1) is 18.6. The van der Waals surface area contributed by atoms with E-state index in [0.29, 0.717) is 16.8 Å². The van der Waals surface area contributed by atoms with Crippen LogP contribution in [0, 0.1) is 6.92 Å². The van der Waals surface area contributed by atoms with E-state index in [1.807, 2.05) is 54.8 Å². The molecule has 1 aromatic carbocycles. The van der Waals surface area contributed by atoms with E-state index in [0.717, 1.165) is 16.0 Å². The third-order valence-corrected chi connectivity index (χ3v) is 6.48. The second kappa shape index (κ2) is 7.69. The molecule has 0 saturated heterocycles. The Morgan fingerprint density at radius 1 is 1.18 bits per heavy atom. The molecule has 0 spiro atoms. The predicted octanol–water partition coefficient (Wildman–Crippen LogP) is 4.15. The van der Waals surface area contributed by atoms with Crippen LogP contribution in [0.5, 0.6) is 0 Å². The zero-order chi connectivity index (χ0) is 19.7. The number of likely N-dealkylation sites (N-methyl/N-ethyl adjacent to an activating group) is 1. The summed E-state index contributed by atoms with van der Waals surface area (Å²) in [5, 5.41) is 2.56. The van der Waals surface area contributed by atoms with Crippen LogP contribution in [0.2, 0.25) is 0 Å². The number of hydrogen-bond donors (Lipinski definition) is 0. The summed E-state index contributed by atoms with van der Waals surface area (Å²) in [6, 6.07) is 13.9. The minimum absolute atomic E-state index is 0.0239. The van der Waals surface area contributed by atoms with Crippen molar-refractivity contribution in [3.8, 4) is 10.4 Å². The molecule has 142 valence electrons. The smallest absolute Gasteiger partial charge is 0.263 e. The molecule has 28 heavy (non-hydrogen) atoms. The van der Waals surface area contributed by atoms with Gasteiger partial charge in [-0.3, -0.25) is 14.2 Å². The van der Waals surface area contributed by atoms with Crippen molar-refractivity contribution < 1.29 is 4.79 Å². The summed E-state index contributed by atoms with van der Waals surface area (Å²) in [6.07, 6.45) is 1.47. The average Bonchev–Trinajstić information content (AvgIpc) is 3.31. The van der Waals surface area contributed by atoms with Crippen LogP contribution in [0.25, 0.3) is 20.7 Å². The molecule has 0 N–H and O–H groups in total. The first-order valence-electron chi connectivity index (χ1n) is 8.84. The summed E-state index contributed by atoms with van der Waals surface area (Å²) in [6.45, 7) is 2.52. The lowest BCUT2D eigenvalue weighted by molar-refractivity contribution is -0.131. The van der Waals surface area contributed by atoms with Gasteiger partial charge in [-0.25, -0.2) is 4.98 Å². The molecule has 0 aliphatic rings. The lowest BCUT2D eigenvalue weighted by Gasteiger charge is -2.18.